The molecule has 2 heterocycles. The Hall–Kier alpha value is -2.14. The number of hydrogen-bond donors (Lipinski definition) is 1. The van der Waals surface area contributed by atoms with Gasteiger partial charge in [0, 0.05) is 22.5 Å². The molecule has 0 aliphatic carbocycles. The predicted octanol–water partition coefficient (Wildman–Crippen LogP) is 3.01. The van der Waals surface area contributed by atoms with Crippen molar-refractivity contribution in [3.05, 3.63) is 52.7 Å². The Kier molecular flexibility index (Phi) is 3.28. The third kappa shape index (κ3) is 2.44. The van der Waals surface area contributed by atoms with Crippen molar-refractivity contribution < 1.29 is 0 Å². The molecule has 0 amide bonds. The van der Waals surface area contributed by atoms with Crippen molar-refractivity contribution in [3.8, 4) is 0 Å². The van der Waals surface area contributed by atoms with Crippen molar-refractivity contribution >= 4 is 22.9 Å². The van der Waals surface area contributed by atoms with Crippen molar-refractivity contribution in [2.24, 2.45) is 0 Å². The second-order valence-corrected chi connectivity index (χ2v) is 5.05. The van der Waals surface area contributed by atoms with Crippen LogP contribution >= 0.6 is 11.6 Å². The normalized spacial score (nSPS) is 10.9. The summed E-state index contributed by atoms with van der Waals surface area (Å²) in [6, 6.07) is 9.48. The van der Waals surface area contributed by atoms with E-state index in [1.54, 1.807) is 0 Å². The molecule has 0 saturated heterocycles. The van der Waals surface area contributed by atoms with Gasteiger partial charge in [-0.25, -0.2) is 4.98 Å². The topological polar surface area (TPSA) is 55.1 Å². The molecule has 6 heteroatoms. The van der Waals surface area contributed by atoms with Crippen molar-refractivity contribution in [1.82, 2.24) is 19.6 Å². The van der Waals surface area contributed by atoms with Crippen LogP contribution in [0, 0.1) is 13.8 Å². The van der Waals surface area contributed by atoms with E-state index in [-0.39, 0.29) is 0 Å². The largest absolute Gasteiger partial charge is 0.378 e. The highest BCUT2D eigenvalue weighted by molar-refractivity contribution is 6.30. The monoisotopic (exact) mass is 287 g/mol. The van der Waals surface area contributed by atoms with E-state index in [2.05, 4.69) is 20.5 Å². The first-order valence-electron chi connectivity index (χ1n) is 6.31. The summed E-state index contributed by atoms with van der Waals surface area (Å²) in [5.74, 6) is 1.72. The third-order valence-corrected chi connectivity index (χ3v) is 3.30. The molecule has 2 aromatic heterocycles. The SMILES string of the molecule is Cc1cc2nnc(CNc3ccc(Cl)cc3)n2c(C)n1. The summed E-state index contributed by atoms with van der Waals surface area (Å²) in [5, 5.41) is 12.4. The molecule has 0 unspecified atom stereocenters. The zero-order chi connectivity index (χ0) is 14.1. The van der Waals surface area contributed by atoms with Crippen LogP contribution in [0.2, 0.25) is 5.02 Å². The number of fused-ring (bicyclic) bond motifs is 1. The van der Waals surface area contributed by atoms with Crippen LogP contribution in [0.1, 0.15) is 17.3 Å². The Morgan fingerprint density at radius 1 is 1.15 bits per heavy atom. The van der Waals surface area contributed by atoms with Gasteiger partial charge < -0.3 is 5.32 Å². The highest BCUT2D eigenvalue weighted by Crippen LogP contribution is 2.15. The van der Waals surface area contributed by atoms with Crippen LogP contribution in [0.4, 0.5) is 5.69 Å². The fourth-order valence-electron chi connectivity index (χ4n) is 2.16. The lowest BCUT2D eigenvalue weighted by Crippen LogP contribution is -2.07. The molecule has 0 fully saturated rings. The molecule has 0 saturated carbocycles. The van der Waals surface area contributed by atoms with Gasteiger partial charge in [-0.3, -0.25) is 4.40 Å². The average molecular weight is 288 g/mol. The van der Waals surface area contributed by atoms with Gasteiger partial charge in [0.15, 0.2) is 11.5 Å². The van der Waals surface area contributed by atoms with Crippen LogP contribution in [0.3, 0.4) is 0 Å². The van der Waals surface area contributed by atoms with Crippen molar-refractivity contribution in [1.29, 1.82) is 0 Å². The first-order chi connectivity index (χ1) is 9.63. The zero-order valence-electron chi connectivity index (χ0n) is 11.3. The van der Waals surface area contributed by atoms with E-state index >= 15 is 0 Å². The molecule has 0 spiro atoms. The molecule has 0 radical (unpaired) electrons. The van der Waals surface area contributed by atoms with Crippen LogP contribution in [-0.2, 0) is 6.54 Å². The van der Waals surface area contributed by atoms with E-state index < -0.39 is 0 Å². The minimum absolute atomic E-state index is 0.578. The highest BCUT2D eigenvalue weighted by Gasteiger charge is 2.08. The van der Waals surface area contributed by atoms with Gasteiger partial charge in [0.1, 0.15) is 5.82 Å². The second kappa shape index (κ2) is 5.09. The Bertz CT molecular complexity index is 748. The van der Waals surface area contributed by atoms with E-state index in [0.717, 1.165) is 33.7 Å². The first-order valence-corrected chi connectivity index (χ1v) is 6.69. The van der Waals surface area contributed by atoms with Gasteiger partial charge in [0.25, 0.3) is 0 Å². The number of aromatic nitrogens is 4. The van der Waals surface area contributed by atoms with Gasteiger partial charge in [0.2, 0.25) is 0 Å². The second-order valence-electron chi connectivity index (χ2n) is 4.62. The summed E-state index contributed by atoms with van der Waals surface area (Å²) in [7, 11) is 0. The summed E-state index contributed by atoms with van der Waals surface area (Å²) >= 11 is 5.86. The number of hydrogen-bond acceptors (Lipinski definition) is 4. The maximum atomic E-state index is 5.86. The van der Waals surface area contributed by atoms with Crippen molar-refractivity contribution in [2.75, 3.05) is 5.32 Å². The smallest absolute Gasteiger partial charge is 0.164 e. The molecule has 0 aliphatic heterocycles. The van der Waals surface area contributed by atoms with E-state index in [4.69, 9.17) is 11.6 Å². The van der Waals surface area contributed by atoms with Gasteiger partial charge in [-0.15, -0.1) is 10.2 Å². The van der Waals surface area contributed by atoms with Gasteiger partial charge >= 0.3 is 0 Å². The summed E-state index contributed by atoms with van der Waals surface area (Å²) in [4.78, 5) is 4.44. The number of nitrogens with zero attached hydrogens (tertiary/aromatic N) is 4. The average Bonchev–Trinajstić information content (AvgIpc) is 2.81. The van der Waals surface area contributed by atoms with Crippen molar-refractivity contribution in [3.63, 3.8) is 0 Å². The summed E-state index contributed by atoms with van der Waals surface area (Å²) in [5.41, 5.74) is 2.76. The minimum atomic E-state index is 0.578. The van der Waals surface area contributed by atoms with E-state index in [0.29, 0.717) is 6.54 Å². The standard InChI is InChI=1S/C14H14ClN5/c1-9-7-13-18-19-14(20(13)10(2)17-9)8-16-12-5-3-11(15)4-6-12/h3-7,16H,8H2,1-2H3. The fourth-order valence-corrected chi connectivity index (χ4v) is 2.29. The summed E-state index contributed by atoms with van der Waals surface area (Å²) in [6.07, 6.45) is 0. The third-order valence-electron chi connectivity index (χ3n) is 3.05. The molecule has 20 heavy (non-hydrogen) atoms. The lowest BCUT2D eigenvalue weighted by Gasteiger charge is -2.07. The van der Waals surface area contributed by atoms with Crippen LogP contribution in [0.15, 0.2) is 30.3 Å². The molecule has 3 aromatic rings. The predicted molar refractivity (Wildman–Crippen MR) is 79.0 cm³/mol. The maximum absolute atomic E-state index is 5.86. The minimum Gasteiger partial charge on any atom is -0.378 e. The zero-order valence-corrected chi connectivity index (χ0v) is 12.0. The fraction of sp³-hybridized carbons (Fsp3) is 0.214. The lowest BCUT2D eigenvalue weighted by molar-refractivity contribution is 0.866. The number of benzene rings is 1. The van der Waals surface area contributed by atoms with Gasteiger partial charge in [-0.1, -0.05) is 11.6 Å². The molecule has 5 nitrogen and oxygen atoms in total. The first kappa shape index (κ1) is 12.9. The molecule has 3 rings (SSSR count). The molecule has 1 aromatic carbocycles. The molecule has 0 bridgehead atoms. The number of anilines is 1. The molecular formula is C14H14ClN5. The van der Waals surface area contributed by atoms with E-state index in [1.807, 2.05) is 48.6 Å². The number of rotatable bonds is 3. The Morgan fingerprint density at radius 2 is 1.90 bits per heavy atom. The quantitative estimate of drug-likeness (QED) is 0.804. The van der Waals surface area contributed by atoms with E-state index in [1.165, 1.54) is 0 Å². The number of halogens is 1. The van der Waals surface area contributed by atoms with Crippen molar-refractivity contribution in [2.45, 2.75) is 20.4 Å². The van der Waals surface area contributed by atoms with Crippen LogP contribution in [0.5, 0.6) is 0 Å². The molecule has 0 atom stereocenters. The maximum Gasteiger partial charge on any atom is 0.164 e. The van der Waals surface area contributed by atoms with Crippen LogP contribution < -0.4 is 5.32 Å². The number of nitrogens with one attached hydrogen (secondary N) is 1. The van der Waals surface area contributed by atoms with Crippen LogP contribution in [0.25, 0.3) is 5.65 Å². The lowest BCUT2D eigenvalue weighted by atomic mass is 10.3. The number of aryl methyl sites for hydroxylation is 2. The van der Waals surface area contributed by atoms with Crippen LogP contribution in [-0.4, -0.2) is 19.6 Å². The molecule has 102 valence electrons. The van der Waals surface area contributed by atoms with Gasteiger partial charge in [-0.2, -0.15) is 0 Å². The molecule has 0 aliphatic rings. The van der Waals surface area contributed by atoms with Gasteiger partial charge in [-0.05, 0) is 38.1 Å². The molecule has 1 N–H and O–H groups in total. The summed E-state index contributed by atoms with van der Waals surface area (Å²) < 4.78 is 1.95. The Labute approximate surface area is 121 Å². The Morgan fingerprint density at radius 3 is 2.65 bits per heavy atom. The molecular weight excluding hydrogens is 274 g/mol. The highest BCUT2D eigenvalue weighted by atomic mass is 35.5. The Balaban J connectivity index is 1.86. The van der Waals surface area contributed by atoms with E-state index in [9.17, 15) is 0 Å². The summed E-state index contributed by atoms with van der Waals surface area (Å²) in [6.45, 7) is 4.48. The van der Waals surface area contributed by atoms with Gasteiger partial charge in [0.05, 0.1) is 6.54 Å².